The molecule has 10 heteroatoms. The lowest BCUT2D eigenvalue weighted by atomic mass is 10.2. The number of hydrogen-bond donors (Lipinski definition) is 1. The highest BCUT2D eigenvalue weighted by Crippen LogP contribution is 2.42. The first kappa shape index (κ1) is 20.0. The Balaban J connectivity index is 1.76. The van der Waals surface area contributed by atoms with Crippen LogP contribution >= 0.6 is 0 Å². The molecule has 29 heavy (non-hydrogen) atoms. The van der Waals surface area contributed by atoms with Gasteiger partial charge in [0, 0.05) is 32.4 Å². The second-order valence-corrected chi connectivity index (χ2v) is 10.9. The van der Waals surface area contributed by atoms with Crippen LogP contribution in [0.4, 0.5) is 11.4 Å². The van der Waals surface area contributed by atoms with E-state index in [1.165, 1.54) is 28.6 Å². The van der Waals surface area contributed by atoms with Gasteiger partial charge in [-0.05, 0) is 30.3 Å². The van der Waals surface area contributed by atoms with Crippen molar-refractivity contribution in [3.63, 3.8) is 0 Å². The molecule has 0 bridgehead atoms. The fraction of sp³-hybridized carbons (Fsp3) is 0.368. The number of rotatable bonds is 4. The molecular formula is C19H23N3O5S2. The predicted molar refractivity (Wildman–Crippen MR) is 111 cm³/mol. The highest BCUT2D eigenvalue weighted by molar-refractivity contribution is 7.93. The Morgan fingerprint density at radius 2 is 1.55 bits per heavy atom. The molecule has 8 nitrogen and oxygen atoms in total. The summed E-state index contributed by atoms with van der Waals surface area (Å²) in [5.74, 6) is 0.545. The fourth-order valence-electron chi connectivity index (χ4n) is 3.61. The molecule has 0 spiro atoms. The summed E-state index contributed by atoms with van der Waals surface area (Å²) in [6.45, 7) is 3.70. The van der Waals surface area contributed by atoms with Crippen LogP contribution in [-0.4, -0.2) is 62.4 Å². The van der Waals surface area contributed by atoms with E-state index in [2.05, 4.69) is 10.2 Å². The maximum absolute atomic E-state index is 13.4. The second-order valence-electron chi connectivity index (χ2n) is 7.04. The van der Waals surface area contributed by atoms with Crippen molar-refractivity contribution in [2.75, 3.05) is 54.8 Å². The Labute approximate surface area is 171 Å². The van der Waals surface area contributed by atoms with E-state index in [-0.39, 0.29) is 22.9 Å². The number of ether oxygens (including phenoxy) is 1. The molecule has 2 aromatic rings. The Morgan fingerprint density at radius 3 is 2.28 bits per heavy atom. The van der Waals surface area contributed by atoms with Crippen molar-refractivity contribution in [3.05, 3.63) is 42.5 Å². The lowest BCUT2D eigenvalue weighted by Crippen LogP contribution is -2.44. The lowest BCUT2D eigenvalue weighted by molar-refractivity contribution is 0.315. The van der Waals surface area contributed by atoms with E-state index in [1.54, 1.807) is 6.07 Å². The topological polar surface area (TPSA) is 96.0 Å². The van der Waals surface area contributed by atoms with Crippen LogP contribution in [0.15, 0.2) is 52.3 Å². The largest absolute Gasteiger partial charge is 0.487 e. The van der Waals surface area contributed by atoms with Crippen LogP contribution < -0.4 is 19.3 Å². The maximum atomic E-state index is 13.4. The molecule has 4 rings (SSSR count). The van der Waals surface area contributed by atoms with Gasteiger partial charge in [0.25, 0.3) is 10.0 Å². The van der Waals surface area contributed by atoms with Gasteiger partial charge in [-0.15, -0.1) is 0 Å². The summed E-state index contributed by atoms with van der Waals surface area (Å²) < 4.78 is 57.7. The molecule has 1 N–H and O–H groups in total. The van der Waals surface area contributed by atoms with Gasteiger partial charge >= 0.3 is 0 Å². The number of sulfonamides is 1. The monoisotopic (exact) mass is 437 g/mol. The van der Waals surface area contributed by atoms with Gasteiger partial charge in [-0.1, -0.05) is 12.1 Å². The molecule has 0 radical (unpaired) electrons. The van der Waals surface area contributed by atoms with Gasteiger partial charge in [0.1, 0.15) is 6.61 Å². The van der Waals surface area contributed by atoms with Crippen LogP contribution in [0, 0.1) is 0 Å². The van der Waals surface area contributed by atoms with Crippen LogP contribution in [0.5, 0.6) is 5.75 Å². The molecule has 2 aliphatic heterocycles. The Kier molecular flexibility index (Phi) is 5.18. The van der Waals surface area contributed by atoms with Crippen LogP contribution in [0.25, 0.3) is 0 Å². The SMILES string of the molecule is CS(=O)(=O)c1cccc(S(=O)(=O)N2CCOc3c(N4CCNCC4)cccc32)c1. The minimum absolute atomic E-state index is 0.0263. The van der Waals surface area contributed by atoms with Gasteiger partial charge in [0.05, 0.1) is 27.7 Å². The molecule has 0 unspecified atom stereocenters. The molecular weight excluding hydrogens is 414 g/mol. The summed E-state index contributed by atoms with van der Waals surface area (Å²) in [5, 5.41) is 3.30. The van der Waals surface area contributed by atoms with E-state index in [9.17, 15) is 16.8 Å². The van der Waals surface area contributed by atoms with Crippen molar-refractivity contribution in [2.24, 2.45) is 0 Å². The molecule has 2 aliphatic rings. The van der Waals surface area contributed by atoms with Crippen molar-refractivity contribution < 1.29 is 21.6 Å². The third-order valence-corrected chi connectivity index (χ3v) is 7.98. The Hall–Kier alpha value is -2.30. The summed E-state index contributed by atoms with van der Waals surface area (Å²) in [4.78, 5) is 2.10. The van der Waals surface area contributed by atoms with Gasteiger partial charge in [0.15, 0.2) is 15.6 Å². The van der Waals surface area contributed by atoms with Gasteiger partial charge in [-0.2, -0.15) is 0 Å². The summed E-state index contributed by atoms with van der Waals surface area (Å²) in [6, 6.07) is 10.9. The lowest BCUT2D eigenvalue weighted by Gasteiger charge is -2.36. The third kappa shape index (κ3) is 3.79. The van der Waals surface area contributed by atoms with Gasteiger partial charge in [0.2, 0.25) is 0 Å². The normalized spacial score (nSPS) is 17.6. The molecule has 0 aromatic heterocycles. The molecule has 2 aromatic carbocycles. The number of anilines is 2. The van der Waals surface area contributed by atoms with Crippen molar-refractivity contribution in [2.45, 2.75) is 9.79 Å². The zero-order valence-electron chi connectivity index (χ0n) is 16.0. The number of para-hydroxylation sites is 1. The van der Waals surface area contributed by atoms with Crippen LogP contribution in [0.1, 0.15) is 0 Å². The van der Waals surface area contributed by atoms with Crippen LogP contribution in [-0.2, 0) is 19.9 Å². The maximum Gasteiger partial charge on any atom is 0.264 e. The smallest absolute Gasteiger partial charge is 0.264 e. The molecule has 0 aliphatic carbocycles. The molecule has 0 atom stereocenters. The average molecular weight is 438 g/mol. The van der Waals surface area contributed by atoms with E-state index in [1.807, 2.05) is 12.1 Å². The van der Waals surface area contributed by atoms with E-state index in [4.69, 9.17) is 4.74 Å². The average Bonchev–Trinajstić information content (AvgIpc) is 2.73. The summed E-state index contributed by atoms with van der Waals surface area (Å²) in [7, 11) is -7.47. The second kappa shape index (κ2) is 7.51. The highest BCUT2D eigenvalue weighted by Gasteiger charge is 2.33. The van der Waals surface area contributed by atoms with E-state index in [0.717, 1.165) is 38.1 Å². The number of fused-ring (bicyclic) bond motifs is 1. The molecule has 0 saturated carbocycles. The quantitative estimate of drug-likeness (QED) is 0.765. The standard InChI is InChI=1S/C19H23N3O5S2/c1-28(23,24)15-4-2-5-16(14-15)29(25,26)22-12-13-27-19-17(6-3-7-18(19)22)21-10-8-20-9-11-21/h2-7,14,20H,8-13H2,1H3. The van der Waals surface area contributed by atoms with Crippen molar-refractivity contribution in [3.8, 4) is 5.75 Å². The van der Waals surface area contributed by atoms with Crippen LogP contribution in [0.3, 0.4) is 0 Å². The third-order valence-electron chi connectivity index (χ3n) is 5.06. The van der Waals surface area contributed by atoms with Crippen molar-refractivity contribution >= 4 is 31.2 Å². The van der Waals surface area contributed by atoms with Gasteiger partial charge in [-0.25, -0.2) is 16.8 Å². The molecule has 1 fully saturated rings. The minimum atomic E-state index is -3.95. The first-order chi connectivity index (χ1) is 13.8. The van der Waals surface area contributed by atoms with Crippen molar-refractivity contribution in [1.82, 2.24) is 5.32 Å². The predicted octanol–water partition coefficient (Wildman–Crippen LogP) is 1.09. The van der Waals surface area contributed by atoms with Crippen molar-refractivity contribution in [1.29, 1.82) is 0 Å². The first-order valence-electron chi connectivity index (χ1n) is 9.33. The fourth-order valence-corrected chi connectivity index (χ4v) is 5.85. The summed E-state index contributed by atoms with van der Waals surface area (Å²) >= 11 is 0. The Morgan fingerprint density at radius 1 is 0.897 bits per heavy atom. The first-order valence-corrected chi connectivity index (χ1v) is 12.7. The van der Waals surface area contributed by atoms with Gasteiger partial charge in [-0.3, -0.25) is 4.31 Å². The molecule has 156 valence electrons. The van der Waals surface area contributed by atoms with E-state index < -0.39 is 19.9 Å². The molecule has 0 amide bonds. The zero-order chi connectivity index (χ0) is 20.6. The van der Waals surface area contributed by atoms with Gasteiger partial charge < -0.3 is 15.0 Å². The number of piperazine rings is 1. The number of sulfone groups is 1. The zero-order valence-corrected chi connectivity index (χ0v) is 17.7. The van der Waals surface area contributed by atoms with Crippen LogP contribution in [0.2, 0.25) is 0 Å². The number of nitrogens with one attached hydrogen (secondary N) is 1. The minimum Gasteiger partial charge on any atom is -0.487 e. The summed E-state index contributed by atoms with van der Waals surface area (Å²) in [5.41, 5.74) is 1.34. The summed E-state index contributed by atoms with van der Waals surface area (Å²) in [6.07, 6.45) is 1.06. The molecule has 1 saturated heterocycles. The molecule has 2 heterocycles. The van der Waals surface area contributed by atoms with E-state index in [0.29, 0.717) is 11.4 Å². The highest BCUT2D eigenvalue weighted by atomic mass is 32.2. The number of nitrogens with zero attached hydrogens (tertiary/aromatic N) is 2. The van der Waals surface area contributed by atoms with E-state index >= 15 is 0 Å². The Bertz CT molecular complexity index is 1130. The number of hydrogen-bond acceptors (Lipinski definition) is 7. The number of benzene rings is 2.